The van der Waals surface area contributed by atoms with Gasteiger partial charge in [0.25, 0.3) is 0 Å². The third-order valence-electron chi connectivity index (χ3n) is 2.43. The van der Waals surface area contributed by atoms with E-state index in [1.54, 1.807) is 6.07 Å². The molecule has 0 unspecified atom stereocenters. The van der Waals surface area contributed by atoms with Crippen molar-refractivity contribution >= 4 is 12.4 Å². The molecule has 1 aromatic rings. The van der Waals surface area contributed by atoms with E-state index >= 15 is 0 Å². The van der Waals surface area contributed by atoms with Crippen LogP contribution in [0.5, 0.6) is 0 Å². The molecule has 0 amide bonds. The average Bonchev–Trinajstić information content (AvgIpc) is 2.97. The van der Waals surface area contributed by atoms with E-state index in [-0.39, 0.29) is 12.4 Å². The highest BCUT2D eigenvalue weighted by molar-refractivity contribution is 5.85. The minimum atomic E-state index is -4.24. The molecule has 0 aliphatic heterocycles. The Morgan fingerprint density at radius 1 is 1.25 bits per heavy atom. The van der Waals surface area contributed by atoms with E-state index in [1.807, 2.05) is 0 Å². The summed E-state index contributed by atoms with van der Waals surface area (Å²) in [5.74, 6) is 0. The molecular weight excluding hydrogens is 239 g/mol. The molecular formula is C11H13ClF3N. The monoisotopic (exact) mass is 251 g/mol. The summed E-state index contributed by atoms with van der Waals surface area (Å²) in [4.78, 5) is 0. The van der Waals surface area contributed by atoms with Crippen molar-refractivity contribution < 1.29 is 13.2 Å². The lowest BCUT2D eigenvalue weighted by Gasteiger charge is -2.09. The first kappa shape index (κ1) is 13.3. The Bertz CT molecular complexity index is 347. The van der Waals surface area contributed by atoms with Gasteiger partial charge in [0.2, 0.25) is 0 Å². The highest BCUT2D eigenvalue weighted by Crippen LogP contribution is 2.29. The van der Waals surface area contributed by atoms with Crippen LogP contribution in [0.4, 0.5) is 13.2 Å². The largest absolute Gasteiger partial charge is 0.416 e. The topological polar surface area (TPSA) is 12.0 Å². The molecule has 1 aliphatic carbocycles. The van der Waals surface area contributed by atoms with Crippen LogP contribution < -0.4 is 5.32 Å². The maximum absolute atomic E-state index is 12.4. The van der Waals surface area contributed by atoms with Gasteiger partial charge in [-0.1, -0.05) is 18.2 Å². The lowest BCUT2D eigenvalue weighted by molar-refractivity contribution is -0.137. The fourth-order valence-electron chi connectivity index (χ4n) is 1.41. The molecule has 1 aromatic carbocycles. The number of hydrogen-bond acceptors (Lipinski definition) is 1. The highest BCUT2D eigenvalue weighted by Gasteiger charge is 2.30. The molecule has 1 aliphatic rings. The average molecular weight is 252 g/mol. The van der Waals surface area contributed by atoms with E-state index in [0.717, 1.165) is 18.9 Å². The van der Waals surface area contributed by atoms with Crippen LogP contribution in [0.25, 0.3) is 0 Å². The summed E-state index contributed by atoms with van der Waals surface area (Å²) in [6, 6.07) is 5.98. The van der Waals surface area contributed by atoms with E-state index < -0.39 is 11.7 Å². The summed E-state index contributed by atoms with van der Waals surface area (Å²) in [5.41, 5.74) is 0.120. The first-order valence-electron chi connectivity index (χ1n) is 4.95. The van der Waals surface area contributed by atoms with Crippen molar-refractivity contribution in [1.29, 1.82) is 0 Å². The van der Waals surface area contributed by atoms with Crippen LogP contribution in [0.2, 0.25) is 0 Å². The molecule has 2 rings (SSSR count). The van der Waals surface area contributed by atoms with Gasteiger partial charge in [-0.05, 0) is 24.5 Å². The van der Waals surface area contributed by atoms with Crippen LogP contribution >= 0.6 is 12.4 Å². The summed E-state index contributed by atoms with van der Waals surface area (Å²) >= 11 is 0. The van der Waals surface area contributed by atoms with Crippen molar-refractivity contribution in [1.82, 2.24) is 5.32 Å². The van der Waals surface area contributed by atoms with Crippen LogP contribution in [0, 0.1) is 0 Å². The quantitative estimate of drug-likeness (QED) is 0.868. The van der Waals surface area contributed by atoms with Crippen molar-refractivity contribution in [3.63, 3.8) is 0 Å². The molecule has 1 fully saturated rings. The molecule has 16 heavy (non-hydrogen) atoms. The van der Waals surface area contributed by atoms with E-state index in [1.165, 1.54) is 12.1 Å². The number of halogens is 4. The number of nitrogens with one attached hydrogen (secondary N) is 1. The Hall–Kier alpha value is -0.740. The standard InChI is InChI=1S/C11H12F3N.ClH/c12-11(13,14)9-3-1-2-8(6-9)7-15-10-4-5-10;/h1-3,6,10,15H,4-5,7H2;1H. The molecule has 0 atom stereocenters. The van der Waals surface area contributed by atoms with E-state index in [9.17, 15) is 13.2 Å². The van der Waals surface area contributed by atoms with Gasteiger partial charge in [0.15, 0.2) is 0 Å². The Kier molecular flexibility index (Phi) is 4.21. The number of rotatable bonds is 3. The van der Waals surface area contributed by atoms with Crippen LogP contribution in [0.1, 0.15) is 24.0 Å². The predicted molar refractivity (Wildman–Crippen MR) is 58.6 cm³/mol. The summed E-state index contributed by atoms with van der Waals surface area (Å²) in [5, 5.41) is 3.18. The van der Waals surface area contributed by atoms with Crippen molar-refractivity contribution in [3.05, 3.63) is 35.4 Å². The molecule has 0 saturated heterocycles. The van der Waals surface area contributed by atoms with Gasteiger partial charge < -0.3 is 5.32 Å². The minimum Gasteiger partial charge on any atom is -0.310 e. The van der Waals surface area contributed by atoms with Gasteiger partial charge in [0, 0.05) is 12.6 Å². The van der Waals surface area contributed by atoms with Crippen molar-refractivity contribution in [2.75, 3.05) is 0 Å². The first-order chi connectivity index (χ1) is 7.05. The van der Waals surface area contributed by atoms with Crippen molar-refractivity contribution in [3.8, 4) is 0 Å². The summed E-state index contributed by atoms with van der Waals surface area (Å²) < 4.78 is 37.1. The predicted octanol–water partition coefficient (Wildman–Crippen LogP) is 3.38. The van der Waals surface area contributed by atoms with Crippen LogP contribution in [0.3, 0.4) is 0 Å². The Morgan fingerprint density at radius 3 is 2.50 bits per heavy atom. The summed E-state index contributed by atoms with van der Waals surface area (Å²) in [6.45, 7) is 0.522. The Balaban J connectivity index is 0.00000128. The van der Waals surface area contributed by atoms with Gasteiger partial charge in [-0.2, -0.15) is 13.2 Å². The van der Waals surface area contributed by atoms with Gasteiger partial charge in [-0.25, -0.2) is 0 Å². The summed E-state index contributed by atoms with van der Waals surface area (Å²) in [6.07, 6.45) is -1.96. The second-order valence-corrected chi connectivity index (χ2v) is 3.85. The zero-order valence-electron chi connectivity index (χ0n) is 8.55. The number of benzene rings is 1. The Morgan fingerprint density at radius 2 is 1.94 bits per heavy atom. The van der Waals surface area contributed by atoms with E-state index in [0.29, 0.717) is 18.2 Å². The summed E-state index contributed by atoms with van der Waals surface area (Å²) in [7, 11) is 0. The second-order valence-electron chi connectivity index (χ2n) is 3.85. The molecule has 0 radical (unpaired) electrons. The van der Waals surface area contributed by atoms with Crippen molar-refractivity contribution in [2.24, 2.45) is 0 Å². The number of alkyl halides is 3. The fourth-order valence-corrected chi connectivity index (χ4v) is 1.41. The van der Waals surface area contributed by atoms with Crippen LogP contribution in [-0.4, -0.2) is 6.04 Å². The van der Waals surface area contributed by atoms with Gasteiger partial charge in [-0.3, -0.25) is 0 Å². The van der Waals surface area contributed by atoms with E-state index in [2.05, 4.69) is 5.32 Å². The maximum atomic E-state index is 12.4. The molecule has 1 nitrogen and oxygen atoms in total. The van der Waals surface area contributed by atoms with Gasteiger partial charge in [0.05, 0.1) is 5.56 Å². The zero-order valence-corrected chi connectivity index (χ0v) is 9.37. The first-order valence-corrected chi connectivity index (χ1v) is 4.95. The maximum Gasteiger partial charge on any atom is 0.416 e. The van der Waals surface area contributed by atoms with Gasteiger partial charge >= 0.3 is 6.18 Å². The fraction of sp³-hybridized carbons (Fsp3) is 0.455. The third kappa shape index (κ3) is 3.68. The van der Waals surface area contributed by atoms with Crippen LogP contribution in [0.15, 0.2) is 24.3 Å². The van der Waals surface area contributed by atoms with Crippen molar-refractivity contribution in [2.45, 2.75) is 31.6 Å². The molecule has 0 heterocycles. The lowest BCUT2D eigenvalue weighted by atomic mass is 10.1. The second kappa shape index (κ2) is 5.06. The van der Waals surface area contributed by atoms with Gasteiger partial charge in [-0.15, -0.1) is 12.4 Å². The molecule has 1 N–H and O–H groups in total. The van der Waals surface area contributed by atoms with Gasteiger partial charge in [0.1, 0.15) is 0 Å². The zero-order chi connectivity index (χ0) is 10.9. The molecule has 90 valence electrons. The number of hydrogen-bond donors (Lipinski definition) is 1. The van der Waals surface area contributed by atoms with E-state index in [4.69, 9.17) is 0 Å². The third-order valence-corrected chi connectivity index (χ3v) is 2.43. The molecule has 0 aromatic heterocycles. The molecule has 5 heteroatoms. The minimum absolute atomic E-state index is 0. The molecule has 1 saturated carbocycles. The molecule has 0 bridgehead atoms. The SMILES string of the molecule is Cl.FC(F)(F)c1cccc(CNC2CC2)c1. The lowest BCUT2D eigenvalue weighted by Crippen LogP contribution is -2.16. The highest BCUT2D eigenvalue weighted by atomic mass is 35.5. The van der Waals surface area contributed by atoms with Crippen LogP contribution in [-0.2, 0) is 12.7 Å². The smallest absolute Gasteiger partial charge is 0.310 e. The normalized spacial score (nSPS) is 15.7. The Labute approximate surface area is 98.4 Å². The molecule has 0 spiro atoms.